The summed E-state index contributed by atoms with van der Waals surface area (Å²) in [4.78, 5) is 11.8. The summed E-state index contributed by atoms with van der Waals surface area (Å²) in [7, 11) is 0. The van der Waals surface area contributed by atoms with Gasteiger partial charge in [-0.2, -0.15) is 0 Å². The number of hydrogen-bond donors (Lipinski definition) is 1. The molecule has 1 rings (SSSR count). The van der Waals surface area contributed by atoms with E-state index in [4.69, 9.17) is 4.42 Å². The smallest absolute Gasteiger partial charge is 0.342 e. The minimum Gasteiger partial charge on any atom is -0.507 e. The quantitative estimate of drug-likeness (QED) is 0.725. The summed E-state index contributed by atoms with van der Waals surface area (Å²) in [5.41, 5.74) is 1.36. The maximum Gasteiger partial charge on any atom is 0.342 e. The molecule has 0 spiro atoms. The van der Waals surface area contributed by atoms with Crippen LogP contribution in [0.5, 0.6) is 5.75 Å². The van der Waals surface area contributed by atoms with E-state index in [-0.39, 0.29) is 11.3 Å². The minimum absolute atomic E-state index is 0.0433. The molecule has 0 unspecified atom stereocenters. The fourth-order valence-electron chi connectivity index (χ4n) is 3.26. The maximum absolute atomic E-state index is 11.8. The molecular formula is C20H32O3. The van der Waals surface area contributed by atoms with Crippen LogP contribution in [0.15, 0.2) is 15.3 Å². The van der Waals surface area contributed by atoms with E-state index in [1.54, 1.807) is 13.8 Å². The van der Waals surface area contributed by atoms with E-state index < -0.39 is 5.63 Å². The number of allylic oxidation sites excluding steroid dienone is 2. The minimum atomic E-state index is -0.464. The Labute approximate surface area is 140 Å². The molecular weight excluding hydrogens is 288 g/mol. The lowest BCUT2D eigenvalue weighted by Gasteiger charge is -2.19. The first-order chi connectivity index (χ1) is 10.7. The molecule has 1 N–H and O–H groups in total. The Morgan fingerprint density at radius 3 is 2.30 bits per heavy atom. The lowest BCUT2D eigenvalue weighted by Crippen LogP contribution is -2.08. The van der Waals surface area contributed by atoms with Crippen molar-refractivity contribution in [2.75, 3.05) is 0 Å². The number of rotatable bonds is 7. The molecule has 23 heavy (non-hydrogen) atoms. The Kier molecular flexibility index (Phi) is 7.11. The van der Waals surface area contributed by atoms with Crippen LogP contribution in [-0.4, -0.2) is 5.11 Å². The predicted molar refractivity (Wildman–Crippen MR) is 96.8 cm³/mol. The van der Waals surface area contributed by atoms with Gasteiger partial charge in [-0.05, 0) is 56.9 Å². The number of aromatic hydroxyl groups is 1. The molecule has 1 heterocycles. The molecule has 0 saturated heterocycles. The molecule has 0 amide bonds. The summed E-state index contributed by atoms with van der Waals surface area (Å²) in [6, 6.07) is 0. The van der Waals surface area contributed by atoms with Crippen molar-refractivity contribution >= 4 is 5.57 Å². The lowest BCUT2D eigenvalue weighted by molar-refractivity contribution is 0.361. The van der Waals surface area contributed by atoms with Gasteiger partial charge < -0.3 is 9.52 Å². The Morgan fingerprint density at radius 1 is 1.13 bits per heavy atom. The van der Waals surface area contributed by atoms with Crippen LogP contribution in [0.2, 0.25) is 0 Å². The molecule has 0 aliphatic heterocycles. The van der Waals surface area contributed by atoms with Crippen LogP contribution in [0.25, 0.3) is 5.57 Å². The Bertz CT molecular complexity index is 610. The van der Waals surface area contributed by atoms with Gasteiger partial charge in [0, 0.05) is 5.56 Å². The molecule has 0 bridgehead atoms. The Balaban J connectivity index is 2.90. The number of hydrogen-bond acceptors (Lipinski definition) is 3. The topological polar surface area (TPSA) is 50.4 Å². The van der Waals surface area contributed by atoms with Gasteiger partial charge in [-0.1, -0.05) is 40.2 Å². The zero-order chi connectivity index (χ0) is 17.7. The molecule has 3 atom stereocenters. The van der Waals surface area contributed by atoms with Crippen molar-refractivity contribution in [2.24, 2.45) is 17.8 Å². The molecule has 0 aromatic carbocycles. The van der Waals surface area contributed by atoms with E-state index >= 15 is 0 Å². The van der Waals surface area contributed by atoms with E-state index in [0.29, 0.717) is 23.2 Å². The second-order valence-electron chi connectivity index (χ2n) is 7.23. The van der Waals surface area contributed by atoms with E-state index in [1.165, 1.54) is 12.8 Å². The van der Waals surface area contributed by atoms with E-state index in [9.17, 15) is 9.90 Å². The second kappa shape index (κ2) is 8.37. The summed E-state index contributed by atoms with van der Waals surface area (Å²) in [5.74, 6) is 2.38. The summed E-state index contributed by atoms with van der Waals surface area (Å²) in [6.07, 6.45) is 5.73. The highest BCUT2D eigenvalue weighted by Crippen LogP contribution is 2.29. The molecule has 0 fully saturated rings. The Morgan fingerprint density at radius 2 is 1.74 bits per heavy atom. The van der Waals surface area contributed by atoms with Gasteiger partial charge >= 0.3 is 5.63 Å². The molecule has 1 aromatic rings. The molecule has 1 aromatic heterocycles. The zero-order valence-corrected chi connectivity index (χ0v) is 15.7. The predicted octanol–water partition coefficient (Wildman–Crippen LogP) is 5.46. The largest absolute Gasteiger partial charge is 0.507 e. The third kappa shape index (κ3) is 5.26. The van der Waals surface area contributed by atoms with Crippen LogP contribution in [0.3, 0.4) is 0 Å². The summed E-state index contributed by atoms with van der Waals surface area (Å²) in [5, 5.41) is 10.0. The lowest BCUT2D eigenvalue weighted by atomic mass is 9.87. The third-order valence-electron chi connectivity index (χ3n) is 4.72. The maximum atomic E-state index is 11.8. The first kappa shape index (κ1) is 19.5. The van der Waals surface area contributed by atoms with Crippen molar-refractivity contribution in [1.82, 2.24) is 0 Å². The summed E-state index contributed by atoms with van der Waals surface area (Å²) >= 11 is 0. The molecule has 0 aliphatic carbocycles. The van der Waals surface area contributed by atoms with Crippen LogP contribution in [0.4, 0.5) is 0 Å². The molecule has 130 valence electrons. The Hall–Kier alpha value is -1.51. The van der Waals surface area contributed by atoms with Crippen molar-refractivity contribution in [1.29, 1.82) is 0 Å². The summed E-state index contributed by atoms with van der Waals surface area (Å²) in [6.45, 7) is 14.3. The van der Waals surface area contributed by atoms with E-state index in [2.05, 4.69) is 33.8 Å². The van der Waals surface area contributed by atoms with Crippen LogP contribution < -0.4 is 5.63 Å². The second-order valence-corrected chi connectivity index (χ2v) is 7.23. The average Bonchev–Trinajstić information content (AvgIpc) is 2.47. The van der Waals surface area contributed by atoms with Crippen LogP contribution in [-0.2, 0) is 0 Å². The SMILES string of the molecule is CC[C@H](C)C[C@@H](C)C[C@H](C)/C=C(\C)c1oc(=O)c(C)c(O)c1C. The average molecular weight is 320 g/mol. The fraction of sp³-hybridized carbons (Fsp3) is 0.650. The van der Waals surface area contributed by atoms with Crippen LogP contribution in [0, 0.1) is 31.6 Å². The molecule has 0 radical (unpaired) electrons. The van der Waals surface area contributed by atoms with Gasteiger partial charge in [0.1, 0.15) is 11.5 Å². The standard InChI is InChI=1S/C20H32O3/c1-8-12(2)9-13(3)10-14(4)11-15(5)19-16(6)18(21)17(7)20(22)23-19/h11-14,21H,8-10H2,1-7H3/b15-11+/t12-,13+,14-/m0/s1. The van der Waals surface area contributed by atoms with E-state index in [1.807, 2.05) is 6.92 Å². The molecule has 3 nitrogen and oxygen atoms in total. The fourth-order valence-corrected chi connectivity index (χ4v) is 3.26. The normalized spacial score (nSPS) is 16.2. The van der Waals surface area contributed by atoms with Crippen molar-refractivity contribution in [2.45, 2.75) is 67.7 Å². The first-order valence-corrected chi connectivity index (χ1v) is 8.69. The third-order valence-corrected chi connectivity index (χ3v) is 4.72. The monoisotopic (exact) mass is 320 g/mol. The molecule has 0 saturated carbocycles. The van der Waals surface area contributed by atoms with E-state index in [0.717, 1.165) is 17.9 Å². The highest BCUT2D eigenvalue weighted by Gasteiger charge is 2.16. The van der Waals surface area contributed by atoms with Gasteiger partial charge in [0.2, 0.25) is 0 Å². The van der Waals surface area contributed by atoms with Gasteiger partial charge in [-0.15, -0.1) is 0 Å². The van der Waals surface area contributed by atoms with Crippen LogP contribution >= 0.6 is 0 Å². The zero-order valence-electron chi connectivity index (χ0n) is 15.7. The van der Waals surface area contributed by atoms with Crippen molar-refractivity contribution < 1.29 is 9.52 Å². The van der Waals surface area contributed by atoms with Gasteiger partial charge in [-0.25, -0.2) is 4.79 Å². The van der Waals surface area contributed by atoms with Gasteiger partial charge in [0.15, 0.2) is 0 Å². The van der Waals surface area contributed by atoms with Crippen molar-refractivity contribution in [3.8, 4) is 5.75 Å². The van der Waals surface area contributed by atoms with Gasteiger partial charge in [-0.3, -0.25) is 0 Å². The first-order valence-electron chi connectivity index (χ1n) is 8.69. The van der Waals surface area contributed by atoms with Crippen molar-refractivity contribution in [3.63, 3.8) is 0 Å². The molecule has 0 aliphatic rings. The highest BCUT2D eigenvalue weighted by atomic mass is 16.4. The van der Waals surface area contributed by atoms with Gasteiger partial charge in [0.25, 0.3) is 0 Å². The highest BCUT2D eigenvalue weighted by molar-refractivity contribution is 5.64. The molecule has 3 heteroatoms. The van der Waals surface area contributed by atoms with Gasteiger partial charge in [0.05, 0.1) is 5.56 Å². The van der Waals surface area contributed by atoms with Crippen LogP contribution in [0.1, 0.15) is 70.8 Å². The summed E-state index contributed by atoms with van der Waals surface area (Å²) < 4.78 is 5.39. The van der Waals surface area contributed by atoms with Crippen molar-refractivity contribution in [3.05, 3.63) is 33.4 Å².